The summed E-state index contributed by atoms with van der Waals surface area (Å²) in [6, 6.07) is 5.36. The number of aryl methyl sites for hydroxylation is 1. The summed E-state index contributed by atoms with van der Waals surface area (Å²) < 4.78 is 21.6. The van der Waals surface area contributed by atoms with Crippen LogP contribution in [0.2, 0.25) is 5.02 Å². The van der Waals surface area contributed by atoms with Crippen molar-refractivity contribution < 1.29 is 18.6 Å². The predicted octanol–water partition coefficient (Wildman–Crippen LogP) is 3.93. The molecule has 2 rings (SSSR count). The fourth-order valence-corrected chi connectivity index (χ4v) is 2.24. The van der Waals surface area contributed by atoms with Crippen molar-refractivity contribution in [1.29, 1.82) is 0 Å². The molecule has 4 nitrogen and oxygen atoms in total. The first-order valence-corrected chi connectivity index (χ1v) is 6.05. The van der Waals surface area contributed by atoms with Crippen LogP contribution in [0.1, 0.15) is 5.76 Å². The lowest BCUT2D eigenvalue weighted by molar-refractivity contribution is 0.324. The Bertz CT molecular complexity index is 589. The maximum absolute atomic E-state index is 6.16. The van der Waals surface area contributed by atoms with E-state index in [1.54, 1.807) is 33.5 Å². The lowest BCUT2D eigenvalue weighted by Gasteiger charge is -2.14. The van der Waals surface area contributed by atoms with E-state index in [1.165, 1.54) is 0 Å². The van der Waals surface area contributed by atoms with E-state index in [4.69, 9.17) is 30.2 Å². The molecule has 0 saturated carbocycles. The van der Waals surface area contributed by atoms with Crippen molar-refractivity contribution in [3.05, 3.63) is 29.0 Å². The number of halogens is 1. The molecular weight excluding hydrogens is 268 g/mol. The van der Waals surface area contributed by atoms with Crippen molar-refractivity contribution >= 4 is 11.6 Å². The number of ether oxygens (including phenoxy) is 3. The Balaban J connectivity index is 2.67. The Kier molecular flexibility index (Phi) is 3.90. The van der Waals surface area contributed by atoms with Gasteiger partial charge in [-0.2, -0.15) is 0 Å². The summed E-state index contributed by atoms with van der Waals surface area (Å²) in [4.78, 5) is 0. The zero-order chi connectivity index (χ0) is 14.0. The maximum atomic E-state index is 6.16. The van der Waals surface area contributed by atoms with Crippen LogP contribution in [-0.4, -0.2) is 21.3 Å². The molecule has 2 aromatic rings. The Labute approximate surface area is 116 Å². The predicted molar refractivity (Wildman–Crippen MR) is 73.5 cm³/mol. The van der Waals surface area contributed by atoms with Crippen LogP contribution in [0.15, 0.2) is 22.6 Å². The summed E-state index contributed by atoms with van der Waals surface area (Å²) in [5, 5.41) is 0.531. The van der Waals surface area contributed by atoms with Gasteiger partial charge in [0.1, 0.15) is 5.76 Å². The van der Waals surface area contributed by atoms with E-state index in [-0.39, 0.29) is 0 Å². The lowest BCUT2D eigenvalue weighted by Crippen LogP contribution is -1.96. The van der Waals surface area contributed by atoms with Gasteiger partial charge in [-0.1, -0.05) is 11.6 Å². The summed E-state index contributed by atoms with van der Waals surface area (Å²) in [5.41, 5.74) is 0.721. The smallest absolute Gasteiger partial charge is 0.204 e. The first-order chi connectivity index (χ1) is 9.12. The van der Waals surface area contributed by atoms with Crippen molar-refractivity contribution in [1.82, 2.24) is 0 Å². The van der Waals surface area contributed by atoms with E-state index in [0.717, 1.165) is 11.3 Å². The number of hydrogen-bond donors (Lipinski definition) is 0. The molecule has 0 radical (unpaired) electrons. The van der Waals surface area contributed by atoms with Gasteiger partial charge in [-0.05, 0) is 25.1 Å². The second-order valence-electron chi connectivity index (χ2n) is 3.92. The van der Waals surface area contributed by atoms with E-state index >= 15 is 0 Å². The van der Waals surface area contributed by atoms with E-state index < -0.39 is 0 Å². The summed E-state index contributed by atoms with van der Waals surface area (Å²) >= 11 is 6.16. The molecule has 0 atom stereocenters. The van der Waals surface area contributed by atoms with Gasteiger partial charge in [0, 0.05) is 0 Å². The highest BCUT2D eigenvalue weighted by atomic mass is 35.5. The fourth-order valence-electron chi connectivity index (χ4n) is 1.95. The third-order valence-electron chi connectivity index (χ3n) is 2.76. The average molecular weight is 283 g/mol. The Morgan fingerprint density at radius 1 is 1.00 bits per heavy atom. The third kappa shape index (κ3) is 2.36. The minimum Gasteiger partial charge on any atom is -0.493 e. The van der Waals surface area contributed by atoms with Crippen LogP contribution in [0, 0.1) is 6.92 Å². The maximum Gasteiger partial charge on any atom is 0.204 e. The minimum absolute atomic E-state index is 0.507. The number of furan rings is 1. The van der Waals surface area contributed by atoms with Crippen LogP contribution >= 0.6 is 11.6 Å². The second-order valence-corrected chi connectivity index (χ2v) is 4.32. The van der Waals surface area contributed by atoms with Gasteiger partial charge in [0.2, 0.25) is 5.75 Å². The summed E-state index contributed by atoms with van der Waals surface area (Å²) in [6.07, 6.45) is 0. The van der Waals surface area contributed by atoms with E-state index in [1.807, 2.05) is 13.0 Å². The largest absolute Gasteiger partial charge is 0.493 e. The van der Waals surface area contributed by atoms with E-state index in [0.29, 0.717) is 28.0 Å². The van der Waals surface area contributed by atoms with Gasteiger partial charge in [-0.25, -0.2) is 0 Å². The molecule has 0 aliphatic carbocycles. The summed E-state index contributed by atoms with van der Waals surface area (Å²) in [6.45, 7) is 1.84. The molecule has 0 spiro atoms. The lowest BCUT2D eigenvalue weighted by atomic mass is 10.1. The third-order valence-corrected chi connectivity index (χ3v) is 3.04. The molecule has 0 aliphatic rings. The standard InChI is InChI=1S/C14H15ClO4/c1-8-7-10(15)12(19-8)9-5-6-11(16-2)14(18-4)13(9)17-3/h5-7H,1-4H3. The highest BCUT2D eigenvalue weighted by molar-refractivity contribution is 6.33. The topological polar surface area (TPSA) is 40.8 Å². The number of rotatable bonds is 4. The van der Waals surface area contributed by atoms with E-state index in [9.17, 15) is 0 Å². The van der Waals surface area contributed by atoms with Crippen molar-refractivity contribution in [2.24, 2.45) is 0 Å². The Hall–Kier alpha value is -1.81. The number of methoxy groups -OCH3 is 3. The molecule has 19 heavy (non-hydrogen) atoms. The molecule has 0 fully saturated rings. The zero-order valence-electron chi connectivity index (χ0n) is 11.2. The SMILES string of the molecule is COc1ccc(-c2oc(C)cc2Cl)c(OC)c1OC. The minimum atomic E-state index is 0.507. The highest BCUT2D eigenvalue weighted by Gasteiger charge is 2.21. The van der Waals surface area contributed by atoms with Gasteiger partial charge in [0.25, 0.3) is 0 Å². The fraction of sp³-hybridized carbons (Fsp3) is 0.286. The summed E-state index contributed by atoms with van der Waals surface area (Å²) in [7, 11) is 4.69. The van der Waals surface area contributed by atoms with Crippen molar-refractivity contribution in [2.75, 3.05) is 21.3 Å². The molecule has 5 heteroatoms. The Morgan fingerprint density at radius 2 is 1.68 bits per heavy atom. The van der Waals surface area contributed by atoms with Crippen molar-refractivity contribution in [3.63, 3.8) is 0 Å². The van der Waals surface area contributed by atoms with Crippen LogP contribution in [-0.2, 0) is 0 Å². The molecule has 0 aliphatic heterocycles. The monoisotopic (exact) mass is 282 g/mol. The molecular formula is C14H15ClO4. The first kappa shape index (κ1) is 13.6. The van der Waals surface area contributed by atoms with Gasteiger partial charge in [-0.15, -0.1) is 0 Å². The van der Waals surface area contributed by atoms with E-state index in [2.05, 4.69) is 0 Å². The van der Waals surface area contributed by atoms with Crippen molar-refractivity contribution in [3.8, 4) is 28.6 Å². The van der Waals surface area contributed by atoms with Crippen molar-refractivity contribution in [2.45, 2.75) is 6.92 Å². The molecule has 102 valence electrons. The normalized spacial score (nSPS) is 10.4. The molecule has 1 aromatic heterocycles. The van der Waals surface area contributed by atoms with Crippen LogP contribution in [0.25, 0.3) is 11.3 Å². The molecule has 0 bridgehead atoms. The number of benzene rings is 1. The Morgan fingerprint density at radius 3 is 2.16 bits per heavy atom. The summed E-state index contributed by atoms with van der Waals surface area (Å²) in [5.74, 6) is 2.90. The van der Waals surface area contributed by atoms with Gasteiger partial charge >= 0.3 is 0 Å². The zero-order valence-corrected chi connectivity index (χ0v) is 12.0. The van der Waals surface area contributed by atoms with Crippen LogP contribution in [0.3, 0.4) is 0 Å². The molecule has 1 heterocycles. The molecule has 1 aromatic carbocycles. The number of hydrogen-bond acceptors (Lipinski definition) is 4. The van der Waals surface area contributed by atoms with Gasteiger partial charge < -0.3 is 18.6 Å². The first-order valence-electron chi connectivity index (χ1n) is 5.67. The molecule has 0 unspecified atom stereocenters. The van der Waals surface area contributed by atoms with Gasteiger partial charge in [-0.3, -0.25) is 0 Å². The highest BCUT2D eigenvalue weighted by Crippen LogP contribution is 2.46. The van der Waals surface area contributed by atoms with Gasteiger partial charge in [0.05, 0.1) is 31.9 Å². The molecule has 0 N–H and O–H groups in total. The molecule has 0 saturated heterocycles. The average Bonchev–Trinajstić information content (AvgIpc) is 2.75. The van der Waals surface area contributed by atoms with Gasteiger partial charge in [0.15, 0.2) is 17.3 Å². The second kappa shape index (κ2) is 5.45. The quantitative estimate of drug-likeness (QED) is 0.852. The molecule has 0 amide bonds. The van der Waals surface area contributed by atoms with Crippen LogP contribution in [0.4, 0.5) is 0 Å². The van der Waals surface area contributed by atoms with Crippen LogP contribution < -0.4 is 14.2 Å². The van der Waals surface area contributed by atoms with Crippen LogP contribution in [0.5, 0.6) is 17.2 Å².